The van der Waals surface area contributed by atoms with Gasteiger partial charge in [-0.2, -0.15) is 13.2 Å². The Labute approximate surface area is 86.6 Å². The third-order valence-electron chi connectivity index (χ3n) is 2.65. The Hall–Kier alpha value is -0.780. The minimum Gasteiger partial charge on any atom is -0.352 e. The van der Waals surface area contributed by atoms with E-state index in [1.165, 1.54) is 11.8 Å². The Morgan fingerprint density at radius 3 is 2.60 bits per heavy atom. The fraction of sp³-hybridized carbons (Fsp3) is 0.889. The minimum atomic E-state index is -4.19. The van der Waals surface area contributed by atoms with Gasteiger partial charge in [0.05, 0.1) is 0 Å². The molecule has 0 bridgehead atoms. The third kappa shape index (κ3) is 3.37. The van der Waals surface area contributed by atoms with Crippen molar-refractivity contribution in [2.45, 2.75) is 38.5 Å². The summed E-state index contributed by atoms with van der Waals surface area (Å²) in [7, 11) is 0. The zero-order valence-electron chi connectivity index (χ0n) is 8.77. The first kappa shape index (κ1) is 12.3. The van der Waals surface area contributed by atoms with E-state index in [9.17, 15) is 18.0 Å². The van der Waals surface area contributed by atoms with Crippen molar-refractivity contribution in [3.63, 3.8) is 0 Å². The van der Waals surface area contributed by atoms with E-state index < -0.39 is 12.2 Å². The van der Waals surface area contributed by atoms with E-state index in [1.807, 2.05) is 0 Å². The number of carbonyl (C=O) groups is 1. The summed E-state index contributed by atoms with van der Waals surface area (Å²) < 4.78 is 37.1. The third-order valence-corrected chi connectivity index (χ3v) is 2.65. The predicted octanol–water partition coefficient (Wildman–Crippen LogP) is 1.15. The number of rotatable bonds is 2. The number of carbonyl (C=O) groups excluding carboxylic acids is 1. The van der Waals surface area contributed by atoms with Gasteiger partial charge in [0.15, 0.2) is 0 Å². The standard InChI is InChI=1S/C9H15F3N2O/c1-6(9(10,11)12)14-4-3-8(5-14)13-7(2)15/h6,8H,3-5H2,1-2H3,(H,13,15). The molecular formula is C9H15F3N2O. The summed E-state index contributed by atoms with van der Waals surface area (Å²) in [5.74, 6) is -0.193. The molecule has 2 unspecified atom stereocenters. The van der Waals surface area contributed by atoms with Crippen LogP contribution in [0.1, 0.15) is 20.3 Å². The topological polar surface area (TPSA) is 32.3 Å². The fourth-order valence-electron chi connectivity index (χ4n) is 1.75. The Kier molecular flexibility index (Phi) is 3.59. The lowest BCUT2D eigenvalue weighted by Crippen LogP contribution is -2.44. The molecule has 1 saturated heterocycles. The number of halogens is 3. The molecule has 1 aliphatic heterocycles. The minimum absolute atomic E-state index is 0.146. The molecule has 15 heavy (non-hydrogen) atoms. The van der Waals surface area contributed by atoms with E-state index >= 15 is 0 Å². The number of hydrogen-bond donors (Lipinski definition) is 1. The highest BCUT2D eigenvalue weighted by Gasteiger charge is 2.42. The molecule has 1 heterocycles. The summed E-state index contributed by atoms with van der Waals surface area (Å²) in [4.78, 5) is 12.1. The van der Waals surface area contributed by atoms with Gasteiger partial charge in [-0.1, -0.05) is 0 Å². The van der Waals surface area contributed by atoms with E-state index in [-0.39, 0.29) is 18.5 Å². The molecule has 0 aromatic carbocycles. The summed E-state index contributed by atoms with van der Waals surface area (Å²) in [5, 5.41) is 2.63. The molecule has 2 atom stereocenters. The lowest BCUT2D eigenvalue weighted by atomic mass is 10.2. The number of amides is 1. The van der Waals surface area contributed by atoms with Crippen LogP contribution >= 0.6 is 0 Å². The van der Waals surface area contributed by atoms with Gasteiger partial charge in [-0.3, -0.25) is 9.69 Å². The second-order valence-corrected chi connectivity index (χ2v) is 3.90. The molecule has 0 aromatic rings. The van der Waals surface area contributed by atoms with Crippen molar-refractivity contribution in [1.82, 2.24) is 10.2 Å². The molecule has 88 valence electrons. The first-order chi connectivity index (χ1) is 6.80. The molecule has 0 radical (unpaired) electrons. The van der Waals surface area contributed by atoms with Gasteiger partial charge in [-0.15, -0.1) is 0 Å². The molecule has 6 heteroatoms. The zero-order chi connectivity index (χ0) is 11.6. The largest absolute Gasteiger partial charge is 0.403 e. The lowest BCUT2D eigenvalue weighted by molar-refractivity contribution is -0.176. The van der Waals surface area contributed by atoms with Crippen LogP contribution in [0.15, 0.2) is 0 Å². The lowest BCUT2D eigenvalue weighted by Gasteiger charge is -2.26. The van der Waals surface area contributed by atoms with Crippen LogP contribution in [-0.2, 0) is 4.79 Å². The molecule has 0 aromatic heterocycles. The van der Waals surface area contributed by atoms with Gasteiger partial charge in [0.1, 0.15) is 6.04 Å². The fourth-order valence-corrected chi connectivity index (χ4v) is 1.75. The normalized spacial score (nSPS) is 25.3. The van der Waals surface area contributed by atoms with Gasteiger partial charge in [-0.25, -0.2) is 0 Å². The average molecular weight is 224 g/mol. The average Bonchev–Trinajstić information content (AvgIpc) is 2.48. The quantitative estimate of drug-likeness (QED) is 0.763. The van der Waals surface area contributed by atoms with E-state index in [1.54, 1.807) is 0 Å². The summed E-state index contributed by atoms with van der Waals surface area (Å²) in [6, 6.07) is -1.58. The van der Waals surface area contributed by atoms with Crippen molar-refractivity contribution in [3.05, 3.63) is 0 Å². The molecule has 3 nitrogen and oxygen atoms in total. The maximum atomic E-state index is 12.4. The van der Waals surface area contributed by atoms with Crippen LogP contribution in [0.25, 0.3) is 0 Å². The molecule has 1 N–H and O–H groups in total. The van der Waals surface area contributed by atoms with Crippen molar-refractivity contribution in [2.75, 3.05) is 13.1 Å². The Balaban J connectivity index is 2.46. The maximum Gasteiger partial charge on any atom is 0.403 e. The van der Waals surface area contributed by atoms with Crippen LogP contribution in [0, 0.1) is 0 Å². The Bertz CT molecular complexity index is 242. The maximum absolute atomic E-state index is 12.4. The molecule has 0 spiro atoms. The van der Waals surface area contributed by atoms with Gasteiger partial charge in [0, 0.05) is 26.1 Å². The predicted molar refractivity (Wildman–Crippen MR) is 49.3 cm³/mol. The van der Waals surface area contributed by atoms with Gasteiger partial charge < -0.3 is 5.32 Å². The molecule has 1 amide bonds. The molecule has 0 saturated carbocycles. The van der Waals surface area contributed by atoms with Crippen molar-refractivity contribution >= 4 is 5.91 Å². The molecule has 0 aliphatic carbocycles. The molecule has 1 rings (SSSR count). The highest BCUT2D eigenvalue weighted by molar-refractivity contribution is 5.73. The molecular weight excluding hydrogens is 209 g/mol. The monoisotopic (exact) mass is 224 g/mol. The summed E-state index contributed by atoms with van der Waals surface area (Å²) >= 11 is 0. The first-order valence-electron chi connectivity index (χ1n) is 4.88. The number of nitrogens with one attached hydrogen (secondary N) is 1. The van der Waals surface area contributed by atoms with Crippen LogP contribution in [0.4, 0.5) is 13.2 Å². The van der Waals surface area contributed by atoms with Crippen molar-refractivity contribution in [1.29, 1.82) is 0 Å². The van der Waals surface area contributed by atoms with Crippen LogP contribution in [0.5, 0.6) is 0 Å². The summed E-state index contributed by atoms with van der Waals surface area (Å²) in [6.07, 6.45) is -3.61. The van der Waals surface area contributed by atoms with E-state index in [4.69, 9.17) is 0 Å². The Morgan fingerprint density at radius 2 is 2.13 bits per heavy atom. The van der Waals surface area contributed by atoms with Crippen molar-refractivity contribution in [3.8, 4) is 0 Å². The van der Waals surface area contributed by atoms with Crippen LogP contribution in [0.3, 0.4) is 0 Å². The highest BCUT2D eigenvalue weighted by atomic mass is 19.4. The molecule has 1 aliphatic rings. The smallest absolute Gasteiger partial charge is 0.352 e. The van der Waals surface area contributed by atoms with Crippen LogP contribution in [-0.4, -0.2) is 42.2 Å². The number of nitrogens with zero attached hydrogens (tertiary/aromatic N) is 1. The summed E-state index contributed by atoms with van der Waals surface area (Å²) in [6.45, 7) is 3.18. The van der Waals surface area contributed by atoms with Crippen molar-refractivity contribution < 1.29 is 18.0 Å². The van der Waals surface area contributed by atoms with E-state index in [0.717, 1.165) is 6.92 Å². The van der Waals surface area contributed by atoms with Gasteiger partial charge in [-0.05, 0) is 13.3 Å². The number of likely N-dealkylation sites (tertiary alicyclic amines) is 1. The second kappa shape index (κ2) is 4.38. The SMILES string of the molecule is CC(=O)NC1CCN(C(C)C(F)(F)F)C1. The zero-order valence-corrected chi connectivity index (χ0v) is 8.77. The van der Waals surface area contributed by atoms with Gasteiger partial charge in [0.25, 0.3) is 0 Å². The van der Waals surface area contributed by atoms with Crippen LogP contribution < -0.4 is 5.32 Å². The van der Waals surface area contributed by atoms with Gasteiger partial charge in [0.2, 0.25) is 5.91 Å². The number of alkyl halides is 3. The van der Waals surface area contributed by atoms with Crippen molar-refractivity contribution in [2.24, 2.45) is 0 Å². The number of hydrogen-bond acceptors (Lipinski definition) is 2. The highest BCUT2D eigenvalue weighted by Crippen LogP contribution is 2.27. The van der Waals surface area contributed by atoms with E-state index in [2.05, 4.69) is 5.32 Å². The Morgan fingerprint density at radius 1 is 1.53 bits per heavy atom. The van der Waals surface area contributed by atoms with Gasteiger partial charge >= 0.3 is 6.18 Å². The molecule has 1 fully saturated rings. The van der Waals surface area contributed by atoms with Crippen LogP contribution in [0.2, 0.25) is 0 Å². The first-order valence-corrected chi connectivity index (χ1v) is 4.88. The summed E-state index contributed by atoms with van der Waals surface area (Å²) in [5.41, 5.74) is 0. The second-order valence-electron chi connectivity index (χ2n) is 3.90. The van der Waals surface area contributed by atoms with E-state index in [0.29, 0.717) is 13.0 Å².